The van der Waals surface area contributed by atoms with Crippen molar-refractivity contribution >= 4 is 10.0 Å². The van der Waals surface area contributed by atoms with E-state index in [4.69, 9.17) is 9.47 Å². The van der Waals surface area contributed by atoms with Gasteiger partial charge >= 0.3 is 0 Å². The van der Waals surface area contributed by atoms with Crippen LogP contribution in [-0.2, 0) is 16.4 Å². The lowest BCUT2D eigenvalue weighted by molar-refractivity contribution is 0.322. The summed E-state index contributed by atoms with van der Waals surface area (Å²) < 4.78 is 38.1. The van der Waals surface area contributed by atoms with Crippen LogP contribution in [-0.4, -0.2) is 28.7 Å². The lowest BCUT2D eigenvalue weighted by Crippen LogP contribution is -2.28. The van der Waals surface area contributed by atoms with E-state index in [0.29, 0.717) is 5.75 Å². The largest absolute Gasteiger partial charge is 0.495 e. The van der Waals surface area contributed by atoms with Crippen LogP contribution in [0.2, 0.25) is 0 Å². The van der Waals surface area contributed by atoms with Gasteiger partial charge in [0.15, 0.2) is 0 Å². The molecule has 2 aromatic rings. The topological polar surface area (TPSA) is 64.6 Å². The van der Waals surface area contributed by atoms with E-state index in [-0.39, 0.29) is 18.0 Å². The highest BCUT2D eigenvalue weighted by Crippen LogP contribution is 2.24. The summed E-state index contributed by atoms with van der Waals surface area (Å²) in [6.07, 6.45) is 0.971. The highest BCUT2D eigenvalue weighted by Gasteiger charge is 2.19. The summed E-state index contributed by atoms with van der Waals surface area (Å²) in [5, 5.41) is 0. The number of aryl methyl sites for hydroxylation is 2. The van der Waals surface area contributed by atoms with E-state index in [0.717, 1.165) is 17.7 Å². The van der Waals surface area contributed by atoms with Crippen molar-refractivity contribution in [3.8, 4) is 11.5 Å². The first-order chi connectivity index (χ1) is 11.5. The van der Waals surface area contributed by atoms with Gasteiger partial charge in [0.05, 0.1) is 7.11 Å². The highest BCUT2D eigenvalue weighted by atomic mass is 32.2. The Labute approximate surface area is 143 Å². The Balaban J connectivity index is 1.94. The van der Waals surface area contributed by atoms with E-state index in [1.54, 1.807) is 18.2 Å². The van der Waals surface area contributed by atoms with Crippen LogP contribution < -0.4 is 14.2 Å². The molecule has 24 heavy (non-hydrogen) atoms. The van der Waals surface area contributed by atoms with Gasteiger partial charge in [0, 0.05) is 6.54 Å². The molecule has 0 amide bonds. The highest BCUT2D eigenvalue weighted by molar-refractivity contribution is 7.89. The fourth-order valence-electron chi connectivity index (χ4n) is 2.24. The van der Waals surface area contributed by atoms with Crippen molar-refractivity contribution in [2.24, 2.45) is 0 Å². The Morgan fingerprint density at radius 3 is 2.42 bits per heavy atom. The molecule has 5 nitrogen and oxygen atoms in total. The number of sulfonamides is 1. The molecule has 0 atom stereocenters. The first-order valence-electron chi connectivity index (χ1n) is 7.82. The van der Waals surface area contributed by atoms with Gasteiger partial charge in [0.2, 0.25) is 10.0 Å². The third kappa shape index (κ3) is 4.72. The van der Waals surface area contributed by atoms with Gasteiger partial charge in [-0.3, -0.25) is 0 Å². The minimum absolute atomic E-state index is 0.136. The Hall–Kier alpha value is -2.05. The summed E-state index contributed by atoms with van der Waals surface area (Å²) >= 11 is 0. The third-order valence-corrected chi connectivity index (χ3v) is 5.09. The molecular formula is C18H23NO4S. The zero-order valence-corrected chi connectivity index (χ0v) is 15.0. The van der Waals surface area contributed by atoms with E-state index in [2.05, 4.69) is 11.6 Å². The van der Waals surface area contributed by atoms with Crippen LogP contribution >= 0.6 is 0 Å². The van der Waals surface area contributed by atoms with Gasteiger partial charge in [-0.25, -0.2) is 13.1 Å². The molecule has 0 saturated heterocycles. The molecule has 0 radical (unpaired) electrons. The van der Waals surface area contributed by atoms with Crippen LogP contribution in [0, 0.1) is 6.92 Å². The van der Waals surface area contributed by atoms with Crippen molar-refractivity contribution in [3.63, 3.8) is 0 Å². The van der Waals surface area contributed by atoms with Crippen molar-refractivity contribution in [2.45, 2.75) is 25.2 Å². The van der Waals surface area contributed by atoms with E-state index < -0.39 is 10.0 Å². The normalized spacial score (nSPS) is 11.3. The first kappa shape index (κ1) is 18.3. The quantitative estimate of drug-likeness (QED) is 0.744. The van der Waals surface area contributed by atoms with Crippen LogP contribution in [0.25, 0.3) is 0 Å². The molecule has 0 aromatic heterocycles. The SMILES string of the molecule is CCc1ccc(OCCNS(=O)(=O)c2cc(C)ccc2OC)cc1. The molecule has 0 fully saturated rings. The summed E-state index contributed by atoms with van der Waals surface area (Å²) in [5.41, 5.74) is 2.08. The Morgan fingerprint density at radius 1 is 1.08 bits per heavy atom. The van der Waals surface area contributed by atoms with E-state index in [1.165, 1.54) is 12.7 Å². The second-order valence-corrected chi connectivity index (χ2v) is 7.13. The van der Waals surface area contributed by atoms with Crippen molar-refractivity contribution in [2.75, 3.05) is 20.3 Å². The smallest absolute Gasteiger partial charge is 0.244 e. The van der Waals surface area contributed by atoms with Crippen LogP contribution in [0.15, 0.2) is 47.4 Å². The fourth-order valence-corrected chi connectivity index (χ4v) is 3.50. The molecule has 2 rings (SSSR count). The Bertz CT molecular complexity index is 770. The molecule has 0 spiro atoms. The number of benzene rings is 2. The Kier molecular flexibility index (Phi) is 6.23. The lowest BCUT2D eigenvalue weighted by Gasteiger charge is -2.12. The second-order valence-electron chi connectivity index (χ2n) is 5.40. The summed E-state index contributed by atoms with van der Waals surface area (Å²) in [6.45, 7) is 4.35. The van der Waals surface area contributed by atoms with Gasteiger partial charge in [-0.1, -0.05) is 25.1 Å². The van der Waals surface area contributed by atoms with Gasteiger partial charge in [0.1, 0.15) is 23.0 Å². The molecule has 0 unspecified atom stereocenters. The molecule has 0 heterocycles. The van der Waals surface area contributed by atoms with E-state index >= 15 is 0 Å². The number of hydrogen-bond acceptors (Lipinski definition) is 4. The summed E-state index contributed by atoms with van der Waals surface area (Å²) in [7, 11) is -2.19. The maximum atomic E-state index is 12.4. The zero-order chi connectivity index (χ0) is 17.6. The summed E-state index contributed by atoms with van der Waals surface area (Å²) in [5.74, 6) is 1.05. The van der Waals surface area contributed by atoms with Crippen LogP contribution in [0.5, 0.6) is 11.5 Å². The molecular weight excluding hydrogens is 326 g/mol. The molecule has 0 aliphatic heterocycles. The van der Waals surface area contributed by atoms with Crippen molar-refractivity contribution in [1.82, 2.24) is 4.72 Å². The predicted molar refractivity (Wildman–Crippen MR) is 94.2 cm³/mol. The summed E-state index contributed by atoms with van der Waals surface area (Å²) in [6, 6.07) is 12.8. The zero-order valence-electron chi connectivity index (χ0n) is 14.2. The third-order valence-electron chi connectivity index (χ3n) is 3.60. The number of methoxy groups -OCH3 is 1. The maximum absolute atomic E-state index is 12.4. The maximum Gasteiger partial charge on any atom is 0.244 e. The molecule has 130 valence electrons. The molecule has 6 heteroatoms. The standard InChI is InChI=1S/C18H23NO4S/c1-4-15-6-8-16(9-7-15)23-12-11-19-24(20,21)18-13-14(2)5-10-17(18)22-3/h5-10,13,19H,4,11-12H2,1-3H3. The average molecular weight is 349 g/mol. The molecule has 2 aromatic carbocycles. The molecule has 0 saturated carbocycles. The second kappa shape index (κ2) is 8.17. The van der Waals surface area contributed by atoms with Gasteiger partial charge in [-0.2, -0.15) is 0 Å². The number of hydrogen-bond donors (Lipinski definition) is 1. The molecule has 0 aliphatic rings. The first-order valence-corrected chi connectivity index (χ1v) is 9.30. The van der Waals surface area contributed by atoms with Crippen molar-refractivity contribution in [3.05, 3.63) is 53.6 Å². The van der Waals surface area contributed by atoms with Gasteiger partial charge in [-0.05, 0) is 48.7 Å². The molecule has 0 bridgehead atoms. The monoisotopic (exact) mass is 349 g/mol. The van der Waals surface area contributed by atoms with Gasteiger partial charge in [0.25, 0.3) is 0 Å². The minimum atomic E-state index is -3.65. The van der Waals surface area contributed by atoms with Crippen LogP contribution in [0.1, 0.15) is 18.1 Å². The average Bonchev–Trinajstić information content (AvgIpc) is 2.59. The van der Waals surface area contributed by atoms with Crippen molar-refractivity contribution in [1.29, 1.82) is 0 Å². The van der Waals surface area contributed by atoms with Gasteiger partial charge < -0.3 is 9.47 Å². The number of ether oxygens (including phenoxy) is 2. The number of rotatable bonds is 8. The van der Waals surface area contributed by atoms with E-state index in [9.17, 15) is 8.42 Å². The van der Waals surface area contributed by atoms with E-state index in [1.807, 2.05) is 31.2 Å². The van der Waals surface area contributed by atoms with Crippen molar-refractivity contribution < 1.29 is 17.9 Å². The van der Waals surface area contributed by atoms with Crippen LogP contribution in [0.4, 0.5) is 0 Å². The molecule has 1 N–H and O–H groups in total. The minimum Gasteiger partial charge on any atom is -0.495 e. The lowest BCUT2D eigenvalue weighted by atomic mass is 10.2. The fraction of sp³-hybridized carbons (Fsp3) is 0.333. The Morgan fingerprint density at radius 2 is 1.79 bits per heavy atom. The molecule has 0 aliphatic carbocycles. The number of nitrogens with one attached hydrogen (secondary N) is 1. The van der Waals surface area contributed by atoms with Crippen LogP contribution in [0.3, 0.4) is 0 Å². The van der Waals surface area contributed by atoms with Gasteiger partial charge in [-0.15, -0.1) is 0 Å². The summed E-state index contributed by atoms with van der Waals surface area (Å²) in [4.78, 5) is 0.136. The predicted octanol–water partition coefficient (Wildman–Crippen LogP) is 2.92.